The molecule has 1 N–H and O–H groups in total. The minimum absolute atomic E-state index is 0.493. The van der Waals surface area contributed by atoms with Gasteiger partial charge in [0.1, 0.15) is 0 Å². The van der Waals surface area contributed by atoms with E-state index in [1.807, 2.05) is 0 Å². The van der Waals surface area contributed by atoms with Crippen molar-refractivity contribution in [3.63, 3.8) is 0 Å². The Kier molecular flexibility index (Phi) is 6.23. The fourth-order valence-corrected chi connectivity index (χ4v) is 1.91. The van der Waals surface area contributed by atoms with Crippen LogP contribution in [0.4, 0.5) is 0 Å². The molecule has 0 saturated carbocycles. The third kappa shape index (κ3) is 5.33. The Morgan fingerprint density at radius 2 is 2.00 bits per heavy atom. The number of benzene rings is 1. The van der Waals surface area contributed by atoms with E-state index in [9.17, 15) is 0 Å². The van der Waals surface area contributed by atoms with Crippen molar-refractivity contribution in [2.24, 2.45) is 0 Å². The van der Waals surface area contributed by atoms with Gasteiger partial charge in [0, 0.05) is 19.7 Å². The SMILES string of the molecule is COCCNC(C)Cc1cccc(C(C)C)c1. The molecule has 17 heavy (non-hydrogen) atoms. The molecule has 0 heterocycles. The largest absolute Gasteiger partial charge is 0.383 e. The van der Waals surface area contributed by atoms with Crippen LogP contribution in [-0.2, 0) is 11.2 Å². The lowest BCUT2D eigenvalue weighted by Crippen LogP contribution is -2.30. The smallest absolute Gasteiger partial charge is 0.0587 e. The van der Waals surface area contributed by atoms with Crippen molar-refractivity contribution in [2.45, 2.75) is 39.2 Å². The lowest BCUT2D eigenvalue weighted by atomic mass is 9.98. The highest BCUT2D eigenvalue weighted by atomic mass is 16.5. The number of hydrogen-bond acceptors (Lipinski definition) is 2. The molecule has 1 unspecified atom stereocenters. The van der Waals surface area contributed by atoms with Crippen LogP contribution in [0, 0.1) is 0 Å². The summed E-state index contributed by atoms with van der Waals surface area (Å²) in [5, 5.41) is 3.46. The standard InChI is InChI=1S/C15H25NO/c1-12(2)15-7-5-6-14(11-15)10-13(3)16-8-9-17-4/h5-7,11-13,16H,8-10H2,1-4H3. The second kappa shape index (κ2) is 7.46. The molecule has 96 valence electrons. The van der Waals surface area contributed by atoms with Gasteiger partial charge in [-0.05, 0) is 30.4 Å². The van der Waals surface area contributed by atoms with Gasteiger partial charge >= 0.3 is 0 Å². The van der Waals surface area contributed by atoms with E-state index in [-0.39, 0.29) is 0 Å². The van der Waals surface area contributed by atoms with Gasteiger partial charge in [-0.3, -0.25) is 0 Å². The maximum atomic E-state index is 5.03. The Hall–Kier alpha value is -0.860. The second-order valence-electron chi connectivity index (χ2n) is 4.95. The minimum atomic E-state index is 0.493. The first-order valence-electron chi connectivity index (χ1n) is 6.44. The molecule has 1 aromatic carbocycles. The third-order valence-electron chi connectivity index (χ3n) is 2.96. The van der Waals surface area contributed by atoms with Crippen molar-refractivity contribution in [1.82, 2.24) is 5.32 Å². The zero-order valence-corrected chi connectivity index (χ0v) is 11.5. The fourth-order valence-electron chi connectivity index (χ4n) is 1.91. The Labute approximate surface area is 105 Å². The molecule has 0 aromatic heterocycles. The number of hydrogen-bond donors (Lipinski definition) is 1. The minimum Gasteiger partial charge on any atom is -0.383 e. The molecular weight excluding hydrogens is 210 g/mol. The lowest BCUT2D eigenvalue weighted by Gasteiger charge is -2.15. The van der Waals surface area contributed by atoms with Gasteiger partial charge in [-0.1, -0.05) is 38.1 Å². The van der Waals surface area contributed by atoms with E-state index < -0.39 is 0 Å². The molecule has 0 aliphatic heterocycles. The van der Waals surface area contributed by atoms with E-state index in [4.69, 9.17) is 4.74 Å². The molecule has 0 fully saturated rings. The monoisotopic (exact) mass is 235 g/mol. The lowest BCUT2D eigenvalue weighted by molar-refractivity contribution is 0.196. The first kappa shape index (κ1) is 14.2. The van der Waals surface area contributed by atoms with Crippen molar-refractivity contribution in [2.75, 3.05) is 20.3 Å². The summed E-state index contributed by atoms with van der Waals surface area (Å²) in [4.78, 5) is 0. The van der Waals surface area contributed by atoms with Crippen LogP contribution in [0.1, 0.15) is 37.8 Å². The summed E-state index contributed by atoms with van der Waals surface area (Å²) in [6, 6.07) is 9.39. The zero-order valence-electron chi connectivity index (χ0n) is 11.5. The van der Waals surface area contributed by atoms with Gasteiger partial charge in [0.2, 0.25) is 0 Å². The average molecular weight is 235 g/mol. The van der Waals surface area contributed by atoms with Gasteiger partial charge < -0.3 is 10.1 Å². The predicted octanol–water partition coefficient (Wildman–Crippen LogP) is 2.98. The van der Waals surface area contributed by atoms with Crippen molar-refractivity contribution in [1.29, 1.82) is 0 Å². The summed E-state index contributed by atoms with van der Waals surface area (Å²) in [5.74, 6) is 0.603. The summed E-state index contributed by atoms with van der Waals surface area (Å²) < 4.78 is 5.03. The van der Waals surface area contributed by atoms with E-state index in [0.29, 0.717) is 12.0 Å². The summed E-state index contributed by atoms with van der Waals surface area (Å²) in [6.07, 6.45) is 1.07. The molecule has 0 aliphatic carbocycles. The molecular formula is C15H25NO. The topological polar surface area (TPSA) is 21.3 Å². The van der Waals surface area contributed by atoms with Crippen LogP contribution in [0.15, 0.2) is 24.3 Å². The normalized spacial score (nSPS) is 13.0. The molecule has 0 bridgehead atoms. The van der Waals surface area contributed by atoms with Gasteiger partial charge in [-0.15, -0.1) is 0 Å². The molecule has 0 saturated heterocycles. The average Bonchev–Trinajstić information content (AvgIpc) is 2.29. The van der Waals surface area contributed by atoms with E-state index in [2.05, 4.69) is 50.4 Å². The summed E-state index contributed by atoms with van der Waals surface area (Å²) >= 11 is 0. The van der Waals surface area contributed by atoms with Gasteiger partial charge in [-0.25, -0.2) is 0 Å². The highest BCUT2D eigenvalue weighted by molar-refractivity contribution is 5.26. The van der Waals surface area contributed by atoms with Crippen molar-refractivity contribution in [3.8, 4) is 0 Å². The van der Waals surface area contributed by atoms with Crippen LogP contribution in [0.5, 0.6) is 0 Å². The highest BCUT2D eigenvalue weighted by Crippen LogP contribution is 2.16. The number of ether oxygens (including phenoxy) is 1. The van der Waals surface area contributed by atoms with Gasteiger partial charge in [-0.2, -0.15) is 0 Å². The molecule has 1 aromatic rings. The van der Waals surface area contributed by atoms with Gasteiger partial charge in [0.25, 0.3) is 0 Å². The van der Waals surface area contributed by atoms with Crippen LogP contribution < -0.4 is 5.32 Å². The molecule has 2 heteroatoms. The van der Waals surface area contributed by atoms with Gasteiger partial charge in [0.05, 0.1) is 6.61 Å². The first-order chi connectivity index (χ1) is 8.13. The summed E-state index contributed by atoms with van der Waals surface area (Å²) in [5.41, 5.74) is 2.83. The zero-order chi connectivity index (χ0) is 12.7. The number of methoxy groups -OCH3 is 1. The molecule has 2 nitrogen and oxygen atoms in total. The van der Waals surface area contributed by atoms with Crippen LogP contribution in [0.25, 0.3) is 0 Å². The maximum Gasteiger partial charge on any atom is 0.0587 e. The Bertz CT molecular complexity index is 322. The van der Waals surface area contributed by atoms with Gasteiger partial charge in [0.15, 0.2) is 0 Å². The Morgan fingerprint density at radius 3 is 2.65 bits per heavy atom. The molecule has 0 radical (unpaired) electrons. The summed E-state index contributed by atoms with van der Waals surface area (Å²) in [6.45, 7) is 8.38. The van der Waals surface area contributed by atoms with E-state index >= 15 is 0 Å². The molecule has 1 atom stereocenters. The van der Waals surface area contributed by atoms with Crippen LogP contribution in [0.2, 0.25) is 0 Å². The van der Waals surface area contributed by atoms with Crippen LogP contribution in [-0.4, -0.2) is 26.3 Å². The van der Waals surface area contributed by atoms with Crippen molar-refractivity contribution in [3.05, 3.63) is 35.4 Å². The molecule has 1 rings (SSSR count). The maximum absolute atomic E-state index is 5.03. The quantitative estimate of drug-likeness (QED) is 0.734. The third-order valence-corrected chi connectivity index (χ3v) is 2.96. The Morgan fingerprint density at radius 1 is 1.24 bits per heavy atom. The van der Waals surface area contributed by atoms with Crippen molar-refractivity contribution < 1.29 is 4.74 Å². The summed E-state index contributed by atoms with van der Waals surface area (Å²) in [7, 11) is 1.73. The fraction of sp³-hybridized carbons (Fsp3) is 0.600. The van der Waals surface area contributed by atoms with E-state index in [1.165, 1.54) is 11.1 Å². The second-order valence-corrected chi connectivity index (χ2v) is 4.95. The highest BCUT2D eigenvalue weighted by Gasteiger charge is 2.04. The van der Waals surface area contributed by atoms with Crippen molar-refractivity contribution >= 4 is 0 Å². The Balaban J connectivity index is 2.47. The molecule has 0 amide bonds. The van der Waals surface area contributed by atoms with E-state index in [0.717, 1.165) is 19.6 Å². The molecule has 0 spiro atoms. The van der Waals surface area contributed by atoms with E-state index in [1.54, 1.807) is 7.11 Å². The van der Waals surface area contributed by atoms with Crippen LogP contribution in [0.3, 0.4) is 0 Å². The number of rotatable bonds is 7. The first-order valence-corrected chi connectivity index (χ1v) is 6.44. The molecule has 0 aliphatic rings. The van der Waals surface area contributed by atoms with Crippen LogP contribution >= 0.6 is 0 Å². The number of nitrogens with one attached hydrogen (secondary N) is 1. The predicted molar refractivity (Wildman–Crippen MR) is 73.6 cm³/mol.